The molecule has 1 atom stereocenters. The van der Waals surface area contributed by atoms with Crippen LogP contribution in [0.5, 0.6) is 0 Å². The lowest BCUT2D eigenvalue weighted by molar-refractivity contribution is -0.132. The molecule has 1 amide bonds. The van der Waals surface area contributed by atoms with Crippen LogP contribution in [0.1, 0.15) is 38.2 Å². The lowest BCUT2D eigenvalue weighted by Gasteiger charge is -2.35. The van der Waals surface area contributed by atoms with Gasteiger partial charge in [-0.1, -0.05) is 43.7 Å². The van der Waals surface area contributed by atoms with Gasteiger partial charge in [0.25, 0.3) is 0 Å². The van der Waals surface area contributed by atoms with Gasteiger partial charge in [0.15, 0.2) is 0 Å². The van der Waals surface area contributed by atoms with E-state index in [1.54, 1.807) is 0 Å². The lowest BCUT2D eigenvalue weighted by atomic mass is 10.00. The van der Waals surface area contributed by atoms with Gasteiger partial charge < -0.3 is 4.90 Å². The molecular formula is C17H26N2O. The zero-order chi connectivity index (χ0) is 14.4. The predicted molar refractivity (Wildman–Crippen MR) is 82.4 cm³/mol. The Hall–Kier alpha value is -1.35. The summed E-state index contributed by atoms with van der Waals surface area (Å²) in [4.78, 5) is 16.6. The number of likely N-dealkylation sites (N-methyl/N-ethyl adjacent to an activating group) is 1. The fourth-order valence-corrected chi connectivity index (χ4v) is 2.97. The van der Waals surface area contributed by atoms with Crippen LogP contribution in [-0.2, 0) is 11.3 Å². The van der Waals surface area contributed by atoms with Crippen LogP contribution in [0.2, 0.25) is 0 Å². The van der Waals surface area contributed by atoms with Crippen LogP contribution in [0.25, 0.3) is 0 Å². The van der Waals surface area contributed by atoms with E-state index in [-0.39, 0.29) is 5.91 Å². The molecule has 3 nitrogen and oxygen atoms in total. The Bertz CT molecular complexity index is 418. The molecule has 0 aromatic heterocycles. The highest BCUT2D eigenvalue weighted by molar-refractivity contribution is 5.78. The minimum absolute atomic E-state index is 0.231. The van der Waals surface area contributed by atoms with E-state index in [1.165, 1.54) is 24.8 Å². The average Bonchev–Trinajstić information content (AvgIpc) is 2.48. The molecule has 1 aliphatic rings. The van der Waals surface area contributed by atoms with E-state index in [9.17, 15) is 4.79 Å². The van der Waals surface area contributed by atoms with Crippen molar-refractivity contribution in [3.8, 4) is 0 Å². The van der Waals surface area contributed by atoms with Gasteiger partial charge in [0.1, 0.15) is 0 Å². The predicted octanol–water partition coefficient (Wildman–Crippen LogP) is 2.91. The Morgan fingerprint density at radius 3 is 2.75 bits per heavy atom. The molecule has 110 valence electrons. The molecule has 0 saturated carbocycles. The van der Waals surface area contributed by atoms with Gasteiger partial charge in [-0.15, -0.1) is 0 Å². The first-order chi connectivity index (χ1) is 9.70. The van der Waals surface area contributed by atoms with Crippen molar-refractivity contribution in [1.29, 1.82) is 0 Å². The molecule has 0 N–H and O–H groups in total. The minimum Gasteiger partial charge on any atom is -0.340 e. The van der Waals surface area contributed by atoms with Crippen molar-refractivity contribution in [3.05, 3.63) is 35.9 Å². The first-order valence-electron chi connectivity index (χ1n) is 7.72. The normalized spacial score (nSPS) is 19.8. The van der Waals surface area contributed by atoms with E-state index in [0.717, 1.165) is 13.0 Å². The highest BCUT2D eigenvalue weighted by Gasteiger charge is 2.23. The van der Waals surface area contributed by atoms with Crippen molar-refractivity contribution in [2.75, 3.05) is 20.1 Å². The van der Waals surface area contributed by atoms with Gasteiger partial charge in [0.05, 0.1) is 6.54 Å². The topological polar surface area (TPSA) is 23.6 Å². The highest BCUT2D eigenvalue weighted by atomic mass is 16.2. The zero-order valence-corrected chi connectivity index (χ0v) is 12.7. The number of rotatable bonds is 5. The van der Waals surface area contributed by atoms with Gasteiger partial charge in [-0.25, -0.2) is 0 Å². The average molecular weight is 274 g/mol. The summed E-state index contributed by atoms with van der Waals surface area (Å²) < 4.78 is 0. The van der Waals surface area contributed by atoms with E-state index in [2.05, 4.69) is 24.0 Å². The molecule has 3 heteroatoms. The van der Waals surface area contributed by atoms with Crippen LogP contribution in [0.3, 0.4) is 0 Å². The van der Waals surface area contributed by atoms with Crippen LogP contribution >= 0.6 is 0 Å². The number of likely N-dealkylation sites (tertiary alicyclic amines) is 1. The largest absolute Gasteiger partial charge is 0.340 e. The van der Waals surface area contributed by atoms with Gasteiger partial charge in [-0.05, 0) is 31.4 Å². The number of nitrogens with zero attached hydrogens (tertiary/aromatic N) is 2. The number of amides is 1. The SMILES string of the molecule is CCC1CCCCN1CC(=O)N(C)Cc1ccccc1. The van der Waals surface area contributed by atoms with Gasteiger partial charge in [0.2, 0.25) is 5.91 Å². The van der Waals surface area contributed by atoms with E-state index in [1.807, 2.05) is 30.1 Å². The molecule has 1 unspecified atom stereocenters. The van der Waals surface area contributed by atoms with Crippen LogP contribution in [-0.4, -0.2) is 41.9 Å². The van der Waals surface area contributed by atoms with Crippen LogP contribution in [0.15, 0.2) is 30.3 Å². The zero-order valence-electron chi connectivity index (χ0n) is 12.7. The third-order valence-electron chi connectivity index (χ3n) is 4.25. The van der Waals surface area contributed by atoms with Gasteiger partial charge >= 0.3 is 0 Å². The quantitative estimate of drug-likeness (QED) is 0.824. The summed E-state index contributed by atoms with van der Waals surface area (Å²) in [6.45, 7) is 4.57. The second-order valence-corrected chi connectivity index (χ2v) is 5.76. The fourth-order valence-electron chi connectivity index (χ4n) is 2.97. The number of hydrogen-bond acceptors (Lipinski definition) is 2. The third-order valence-corrected chi connectivity index (χ3v) is 4.25. The molecule has 2 rings (SSSR count). The Morgan fingerprint density at radius 2 is 2.05 bits per heavy atom. The molecular weight excluding hydrogens is 248 g/mol. The van der Waals surface area contributed by atoms with Gasteiger partial charge in [-0.3, -0.25) is 9.69 Å². The molecule has 0 spiro atoms. The third kappa shape index (κ3) is 4.07. The number of carbonyl (C=O) groups is 1. The summed E-state index contributed by atoms with van der Waals surface area (Å²) in [5.41, 5.74) is 1.19. The van der Waals surface area contributed by atoms with Crippen molar-refractivity contribution in [2.24, 2.45) is 0 Å². The standard InChI is InChI=1S/C17H26N2O/c1-3-16-11-7-8-12-19(16)14-17(20)18(2)13-15-9-5-4-6-10-15/h4-6,9-10,16H,3,7-8,11-14H2,1-2H3. The second kappa shape index (κ2) is 7.44. The molecule has 1 aliphatic heterocycles. The Labute approximate surface area is 122 Å². The molecule has 1 saturated heterocycles. The second-order valence-electron chi connectivity index (χ2n) is 5.76. The first kappa shape index (κ1) is 15.0. The van der Waals surface area contributed by atoms with Crippen LogP contribution < -0.4 is 0 Å². The molecule has 1 aromatic carbocycles. The lowest BCUT2D eigenvalue weighted by Crippen LogP contribution is -2.45. The van der Waals surface area contributed by atoms with Crippen LogP contribution in [0, 0.1) is 0 Å². The summed E-state index contributed by atoms with van der Waals surface area (Å²) in [7, 11) is 1.90. The Kier molecular flexibility index (Phi) is 5.60. The molecule has 1 fully saturated rings. The molecule has 0 aliphatic carbocycles. The number of piperidine rings is 1. The minimum atomic E-state index is 0.231. The summed E-state index contributed by atoms with van der Waals surface area (Å²) in [5.74, 6) is 0.231. The highest BCUT2D eigenvalue weighted by Crippen LogP contribution is 2.19. The fraction of sp³-hybridized carbons (Fsp3) is 0.588. The van der Waals surface area contributed by atoms with Crippen LogP contribution in [0.4, 0.5) is 0 Å². The summed E-state index contributed by atoms with van der Waals surface area (Å²) in [5, 5.41) is 0. The van der Waals surface area contributed by atoms with Crippen molar-refractivity contribution >= 4 is 5.91 Å². The molecule has 20 heavy (non-hydrogen) atoms. The van der Waals surface area contributed by atoms with E-state index in [4.69, 9.17) is 0 Å². The van der Waals surface area contributed by atoms with Crippen molar-refractivity contribution in [2.45, 2.75) is 45.2 Å². The number of carbonyl (C=O) groups excluding carboxylic acids is 1. The molecule has 1 aromatic rings. The maximum Gasteiger partial charge on any atom is 0.236 e. The number of hydrogen-bond donors (Lipinski definition) is 0. The maximum absolute atomic E-state index is 12.4. The molecule has 0 bridgehead atoms. The van der Waals surface area contributed by atoms with E-state index in [0.29, 0.717) is 19.1 Å². The summed E-state index contributed by atoms with van der Waals surface area (Å²) in [6, 6.07) is 10.8. The van der Waals surface area contributed by atoms with Gasteiger partial charge in [-0.2, -0.15) is 0 Å². The Balaban J connectivity index is 1.87. The van der Waals surface area contributed by atoms with Crippen molar-refractivity contribution < 1.29 is 4.79 Å². The smallest absolute Gasteiger partial charge is 0.236 e. The molecule has 0 radical (unpaired) electrons. The van der Waals surface area contributed by atoms with Gasteiger partial charge in [0, 0.05) is 19.6 Å². The maximum atomic E-state index is 12.4. The summed E-state index contributed by atoms with van der Waals surface area (Å²) in [6.07, 6.45) is 4.93. The van der Waals surface area contributed by atoms with E-state index < -0.39 is 0 Å². The summed E-state index contributed by atoms with van der Waals surface area (Å²) >= 11 is 0. The first-order valence-corrected chi connectivity index (χ1v) is 7.72. The monoisotopic (exact) mass is 274 g/mol. The van der Waals surface area contributed by atoms with E-state index >= 15 is 0 Å². The molecule has 1 heterocycles. The van der Waals surface area contributed by atoms with Crippen molar-refractivity contribution in [3.63, 3.8) is 0 Å². The Morgan fingerprint density at radius 1 is 1.30 bits per heavy atom. The van der Waals surface area contributed by atoms with Crippen molar-refractivity contribution in [1.82, 2.24) is 9.80 Å². The number of benzene rings is 1.